The van der Waals surface area contributed by atoms with Crippen molar-refractivity contribution in [2.24, 2.45) is 4.99 Å². The lowest BCUT2D eigenvalue weighted by atomic mass is 10.0. The number of nitrogens with zero attached hydrogens (tertiary/aromatic N) is 3. The van der Waals surface area contributed by atoms with Gasteiger partial charge < -0.3 is 15.4 Å². The lowest BCUT2D eigenvalue weighted by Crippen LogP contribution is -2.42. The molecule has 1 fully saturated rings. The molecule has 2 N–H and O–H groups in total. The standard InChI is InChI=1S/C22H32FN5OS/c1-4-24-22(25-10-9-21-27-16(2)17(3)30-21)26-15-20(28-11-13-29-14-12-28)18-5-7-19(23)8-6-18/h5-8,20H,4,9-15H2,1-3H3,(H2,24,25,26). The molecule has 0 radical (unpaired) electrons. The number of aliphatic imine (C=N–C) groups is 1. The van der Waals surface area contributed by atoms with E-state index >= 15 is 0 Å². The van der Waals surface area contributed by atoms with E-state index in [4.69, 9.17) is 9.73 Å². The zero-order valence-corrected chi connectivity index (χ0v) is 18.9. The molecule has 3 rings (SSSR count). The van der Waals surface area contributed by atoms with Crippen molar-refractivity contribution in [2.45, 2.75) is 33.2 Å². The van der Waals surface area contributed by atoms with Gasteiger partial charge in [0.25, 0.3) is 0 Å². The summed E-state index contributed by atoms with van der Waals surface area (Å²) in [5.74, 6) is 0.577. The van der Waals surface area contributed by atoms with Gasteiger partial charge in [0.15, 0.2) is 5.96 Å². The number of thiazole rings is 1. The number of guanidine groups is 1. The molecule has 1 aliphatic heterocycles. The number of aromatic nitrogens is 1. The minimum absolute atomic E-state index is 0.0919. The Morgan fingerprint density at radius 2 is 1.97 bits per heavy atom. The van der Waals surface area contributed by atoms with E-state index in [0.29, 0.717) is 19.8 Å². The molecule has 8 heteroatoms. The van der Waals surface area contributed by atoms with Gasteiger partial charge in [-0.25, -0.2) is 9.37 Å². The molecule has 1 atom stereocenters. The maximum atomic E-state index is 13.4. The molecule has 2 aromatic rings. The first-order valence-electron chi connectivity index (χ1n) is 10.6. The second-order valence-electron chi connectivity index (χ2n) is 7.36. The Labute approximate surface area is 182 Å². The van der Waals surface area contributed by atoms with Crippen molar-refractivity contribution in [3.63, 3.8) is 0 Å². The van der Waals surface area contributed by atoms with Gasteiger partial charge in [0, 0.05) is 37.5 Å². The van der Waals surface area contributed by atoms with Crippen LogP contribution in [0.3, 0.4) is 0 Å². The predicted octanol–water partition coefficient (Wildman–Crippen LogP) is 3.07. The maximum absolute atomic E-state index is 13.4. The summed E-state index contributed by atoms with van der Waals surface area (Å²) < 4.78 is 18.9. The number of hydrogen-bond acceptors (Lipinski definition) is 5. The number of aryl methyl sites for hydroxylation is 2. The zero-order chi connectivity index (χ0) is 21.3. The van der Waals surface area contributed by atoms with E-state index in [0.717, 1.165) is 54.8 Å². The molecule has 1 aliphatic rings. The van der Waals surface area contributed by atoms with Crippen LogP contribution < -0.4 is 10.6 Å². The quantitative estimate of drug-likeness (QED) is 0.495. The van der Waals surface area contributed by atoms with Gasteiger partial charge >= 0.3 is 0 Å². The average molecular weight is 434 g/mol. The molecule has 0 bridgehead atoms. The van der Waals surface area contributed by atoms with E-state index in [1.54, 1.807) is 11.3 Å². The van der Waals surface area contributed by atoms with Crippen LogP contribution in [-0.2, 0) is 11.2 Å². The Balaban J connectivity index is 1.65. The van der Waals surface area contributed by atoms with E-state index in [9.17, 15) is 4.39 Å². The minimum atomic E-state index is -0.217. The van der Waals surface area contributed by atoms with Gasteiger partial charge in [-0.05, 0) is 38.5 Å². The normalized spacial score (nSPS) is 16.5. The molecular formula is C22H32FN5OS. The summed E-state index contributed by atoms with van der Waals surface area (Å²) in [6.07, 6.45) is 0.870. The third-order valence-electron chi connectivity index (χ3n) is 5.21. The van der Waals surface area contributed by atoms with E-state index in [-0.39, 0.29) is 11.9 Å². The van der Waals surface area contributed by atoms with Crippen LogP contribution in [0.15, 0.2) is 29.3 Å². The van der Waals surface area contributed by atoms with Gasteiger partial charge in [0.1, 0.15) is 5.82 Å². The molecule has 1 saturated heterocycles. The summed E-state index contributed by atoms with van der Waals surface area (Å²) in [6.45, 7) is 11.5. The summed E-state index contributed by atoms with van der Waals surface area (Å²) in [4.78, 5) is 13.1. The van der Waals surface area contributed by atoms with Gasteiger partial charge in [-0.2, -0.15) is 0 Å². The Kier molecular flexibility index (Phi) is 8.60. The monoisotopic (exact) mass is 433 g/mol. The van der Waals surface area contributed by atoms with Crippen molar-refractivity contribution < 1.29 is 9.13 Å². The first-order chi connectivity index (χ1) is 14.6. The average Bonchev–Trinajstić information content (AvgIpc) is 3.07. The number of halogens is 1. The highest BCUT2D eigenvalue weighted by molar-refractivity contribution is 7.11. The van der Waals surface area contributed by atoms with Crippen LogP contribution in [0.5, 0.6) is 0 Å². The molecule has 1 unspecified atom stereocenters. The fraction of sp³-hybridized carbons (Fsp3) is 0.545. The number of hydrogen-bond donors (Lipinski definition) is 2. The van der Waals surface area contributed by atoms with Crippen LogP contribution >= 0.6 is 11.3 Å². The second-order valence-corrected chi connectivity index (χ2v) is 8.65. The van der Waals surface area contributed by atoms with Crippen molar-refractivity contribution in [3.8, 4) is 0 Å². The summed E-state index contributed by atoms with van der Waals surface area (Å²) >= 11 is 1.75. The molecule has 0 spiro atoms. The largest absolute Gasteiger partial charge is 0.379 e. The lowest BCUT2D eigenvalue weighted by molar-refractivity contribution is 0.0179. The van der Waals surface area contributed by atoms with Crippen molar-refractivity contribution in [2.75, 3.05) is 45.9 Å². The highest BCUT2D eigenvalue weighted by atomic mass is 32.1. The number of morpholine rings is 1. The van der Waals surface area contributed by atoms with Crippen molar-refractivity contribution in [1.29, 1.82) is 0 Å². The second kappa shape index (κ2) is 11.4. The number of benzene rings is 1. The van der Waals surface area contributed by atoms with Crippen molar-refractivity contribution in [1.82, 2.24) is 20.5 Å². The molecule has 0 saturated carbocycles. The number of rotatable bonds is 8. The Morgan fingerprint density at radius 1 is 1.23 bits per heavy atom. The topological polar surface area (TPSA) is 61.8 Å². The molecule has 1 aromatic carbocycles. The Morgan fingerprint density at radius 3 is 2.60 bits per heavy atom. The van der Waals surface area contributed by atoms with Gasteiger partial charge in [-0.3, -0.25) is 9.89 Å². The van der Waals surface area contributed by atoms with Crippen LogP contribution in [0, 0.1) is 19.7 Å². The fourth-order valence-electron chi connectivity index (χ4n) is 3.46. The van der Waals surface area contributed by atoms with E-state index in [1.165, 1.54) is 17.0 Å². The van der Waals surface area contributed by atoms with E-state index in [1.807, 2.05) is 12.1 Å². The molecular weight excluding hydrogens is 401 g/mol. The lowest BCUT2D eigenvalue weighted by Gasteiger charge is -2.34. The number of ether oxygens (including phenoxy) is 1. The summed E-state index contributed by atoms with van der Waals surface area (Å²) in [5.41, 5.74) is 2.19. The third-order valence-corrected chi connectivity index (χ3v) is 6.34. The SMILES string of the molecule is CCNC(=NCC(c1ccc(F)cc1)N1CCOCC1)NCCc1nc(C)c(C)s1. The first-order valence-corrected chi connectivity index (χ1v) is 11.4. The highest BCUT2D eigenvalue weighted by Gasteiger charge is 2.22. The van der Waals surface area contributed by atoms with E-state index in [2.05, 4.69) is 41.3 Å². The Hall–Kier alpha value is -2.03. The maximum Gasteiger partial charge on any atom is 0.191 e. The van der Waals surface area contributed by atoms with Crippen molar-refractivity contribution >= 4 is 17.3 Å². The van der Waals surface area contributed by atoms with Crippen LogP contribution in [-0.4, -0.2) is 61.8 Å². The van der Waals surface area contributed by atoms with Gasteiger partial charge in [0.2, 0.25) is 0 Å². The molecule has 30 heavy (non-hydrogen) atoms. The zero-order valence-electron chi connectivity index (χ0n) is 18.1. The van der Waals surface area contributed by atoms with E-state index < -0.39 is 0 Å². The number of nitrogens with one attached hydrogen (secondary N) is 2. The van der Waals surface area contributed by atoms with Crippen LogP contribution in [0.4, 0.5) is 4.39 Å². The van der Waals surface area contributed by atoms with Crippen molar-refractivity contribution in [3.05, 3.63) is 51.2 Å². The summed E-state index contributed by atoms with van der Waals surface area (Å²) in [5, 5.41) is 7.89. The first kappa shape index (κ1) is 22.7. The van der Waals surface area contributed by atoms with Gasteiger partial charge in [-0.15, -0.1) is 11.3 Å². The molecule has 2 heterocycles. The fourth-order valence-corrected chi connectivity index (χ4v) is 4.39. The molecule has 0 amide bonds. The van der Waals surface area contributed by atoms with Crippen LogP contribution in [0.25, 0.3) is 0 Å². The molecule has 0 aliphatic carbocycles. The smallest absolute Gasteiger partial charge is 0.191 e. The van der Waals surface area contributed by atoms with Gasteiger partial charge in [-0.1, -0.05) is 12.1 Å². The van der Waals surface area contributed by atoms with Crippen LogP contribution in [0.1, 0.15) is 34.1 Å². The molecule has 164 valence electrons. The molecule has 1 aromatic heterocycles. The minimum Gasteiger partial charge on any atom is -0.379 e. The van der Waals surface area contributed by atoms with Crippen LogP contribution in [0.2, 0.25) is 0 Å². The van der Waals surface area contributed by atoms with Gasteiger partial charge in [0.05, 0.1) is 36.5 Å². The molecule has 6 nitrogen and oxygen atoms in total. The third kappa shape index (κ3) is 6.48. The summed E-state index contributed by atoms with van der Waals surface area (Å²) in [7, 11) is 0. The highest BCUT2D eigenvalue weighted by Crippen LogP contribution is 2.23. The predicted molar refractivity (Wildman–Crippen MR) is 121 cm³/mol. The Bertz CT molecular complexity index is 798. The summed E-state index contributed by atoms with van der Waals surface area (Å²) in [6, 6.07) is 6.85.